The number of nitrogens with one attached hydrogen (secondary N) is 1. The number of rotatable bonds is 4. The second-order valence-electron chi connectivity index (χ2n) is 9.79. The summed E-state index contributed by atoms with van der Waals surface area (Å²) in [4.78, 5) is 5.98. The third kappa shape index (κ3) is 5.15. The smallest absolute Gasteiger partial charge is 0.300 e. The lowest BCUT2D eigenvalue weighted by Crippen LogP contribution is -2.18. The highest BCUT2D eigenvalue weighted by atomic mass is 35.5. The predicted molar refractivity (Wildman–Crippen MR) is 165 cm³/mol. The van der Waals surface area contributed by atoms with Gasteiger partial charge in [-0.05, 0) is 48.9 Å². The lowest BCUT2D eigenvalue weighted by molar-refractivity contribution is 0.449. The third-order valence-electron chi connectivity index (χ3n) is 6.76. The summed E-state index contributed by atoms with van der Waals surface area (Å²) in [5.74, 6) is -1.23. The topological polar surface area (TPSA) is 275 Å². The average Bonchev–Trinajstić information content (AvgIpc) is 2.94. The van der Waals surface area contributed by atoms with Crippen molar-refractivity contribution in [3.05, 3.63) is 57.4 Å². The van der Waals surface area contributed by atoms with E-state index >= 15 is 0 Å². The van der Waals surface area contributed by atoms with Crippen LogP contribution in [0.25, 0.3) is 22.6 Å². The maximum absolute atomic E-state index is 12.7. The molecule has 3 aromatic rings. The van der Waals surface area contributed by atoms with Crippen molar-refractivity contribution in [2.24, 2.45) is 4.99 Å². The van der Waals surface area contributed by atoms with Crippen molar-refractivity contribution in [1.82, 2.24) is 4.98 Å². The molecule has 3 aromatic carbocycles. The molecule has 0 fully saturated rings. The number of hydrogen-bond donors (Lipinski definition) is 6. The number of halogens is 2. The summed E-state index contributed by atoms with van der Waals surface area (Å²) in [5.41, 5.74) is 10.4. The first-order chi connectivity index (χ1) is 21.3. The Balaban J connectivity index is 1.66. The first kappa shape index (κ1) is 31.8. The summed E-state index contributed by atoms with van der Waals surface area (Å²) in [6.45, 7) is 1.47. The Hall–Kier alpha value is -4.21. The first-order valence-corrected chi connectivity index (χ1v) is 17.4. The van der Waals surface area contributed by atoms with Gasteiger partial charge in [-0.15, -0.1) is 0 Å². The Bertz CT molecular complexity index is 2570. The SMILES string of the molecule is Cc1cc(S(=O)(=O)O)c(N=c2ccc3nc4c(Cl)c5c(c(Cl)c4oc-3c2S(=O)(=O)O)Nc2ccc(N)c(S(=O)(=O)O)c2O5)cc1N. The van der Waals surface area contributed by atoms with Crippen LogP contribution in [0.2, 0.25) is 10.0 Å². The standard InChI is InChI=1S/C25H17Cl2N5O11S3/c1-8-6-15(44(33,34)35)14(7-10(8)29)30-13-5-4-12-21(25(13)46(39,40)41)43-23-17(27)18-22(16(26)19(23)32-12)42-20-11(31-18)3-2-9(28)24(20)45(36,37)38/h2-7,31H,28-29H2,1H3,(H,33,34,35)(H,36,37,38)(H,39,40,41). The Morgan fingerprint density at radius 2 is 1.52 bits per heavy atom. The fourth-order valence-electron chi connectivity index (χ4n) is 4.71. The quantitative estimate of drug-likeness (QED) is 0.0825. The molecule has 2 aliphatic heterocycles. The second-order valence-corrected chi connectivity index (χ2v) is 14.6. The molecule has 0 aromatic heterocycles. The van der Waals surface area contributed by atoms with Crippen molar-refractivity contribution in [3.63, 3.8) is 0 Å². The van der Waals surface area contributed by atoms with Crippen LogP contribution in [0.3, 0.4) is 0 Å². The lowest BCUT2D eigenvalue weighted by Gasteiger charge is -2.26. The van der Waals surface area contributed by atoms with Gasteiger partial charge in [0.15, 0.2) is 32.6 Å². The summed E-state index contributed by atoms with van der Waals surface area (Å²) in [7, 11) is -14.9. The van der Waals surface area contributed by atoms with Gasteiger partial charge in [0.05, 0.1) is 22.4 Å². The fourth-order valence-corrected chi connectivity index (χ4v) is 7.44. The molecule has 46 heavy (non-hydrogen) atoms. The molecule has 1 aliphatic carbocycles. The largest absolute Gasteiger partial charge is 0.450 e. The van der Waals surface area contributed by atoms with E-state index in [-0.39, 0.29) is 60.9 Å². The van der Waals surface area contributed by atoms with E-state index < -0.39 is 67.6 Å². The highest BCUT2D eigenvalue weighted by molar-refractivity contribution is 7.86. The normalized spacial score (nSPS) is 13.7. The van der Waals surface area contributed by atoms with Crippen LogP contribution in [0.15, 0.2) is 60.5 Å². The van der Waals surface area contributed by atoms with Crippen LogP contribution >= 0.6 is 23.2 Å². The van der Waals surface area contributed by atoms with Gasteiger partial charge < -0.3 is 25.9 Å². The number of nitrogens with zero attached hydrogens (tertiary/aromatic N) is 2. The number of ether oxygens (including phenoxy) is 1. The molecule has 240 valence electrons. The number of nitrogen functional groups attached to an aromatic ring is 2. The van der Waals surface area contributed by atoms with E-state index in [1.165, 1.54) is 25.1 Å². The van der Waals surface area contributed by atoms with Gasteiger partial charge in [-0.1, -0.05) is 23.2 Å². The molecular weight excluding hydrogens is 713 g/mol. The molecule has 21 heteroatoms. The molecule has 0 saturated heterocycles. The third-order valence-corrected chi connectivity index (χ3v) is 10.2. The van der Waals surface area contributed by atoms with Crippen molar-refractivity contribution in [2.75, 3.05) is 16.8 Å². The number of aryl methyl sites for hydroxylation is 1. The van der Waals surface area contributed by atoms with Gasteiger partial charge in [0.25, 0.3) is 20.2 Å². The summed E-state index contributed by atoms with van der Waals surface area (Å²) in [6.07, 6.45) is 0. The minimum Gasteiger partial charge on any atom is -0.450 e. The van der Waals surface area contributed by atoms with Gasteiger partial charge in [0.2, 0.25) is 0 Å². The zero-order chi connectivity index (χ0) is 33.7. The van der Waals surface area contributed by atoms with Crippen molar-refractivity contribution < 1.29 is 48.1 Å². The van der Waals surface area contributed by atoms with Gasteiger partial charge in [-0.3, -0.25) is 13.7 Å². The second kappa shape index (κ2) is 10.4. The Kier molecular flexibility index (Phi) is 7.18. The van der Waals surface area contributed by atoms with E-state index in [0.717, 1.165) is 18.2 Å². The Morgan fingerprint density at radius 3 is 2.15 bits per heavy atom. The lowest BCUT2D eigenvalue weighted by atomic mass is 10.1. The van der Waals surface area contributed by atoms with E-state index in [4.69, 9.17) is 43.8 Å². The van der Waals surface area contributed by atoms with Gasteiger partial charge in [0.1, 0.15) is 31.8 Å². The molecule has 3 aliphatic rings. The number of fused-ring (bicyclic) bond motifs is 4. The van der Waals surface area contributed by atoms with Crippen LogP contribution in [0.1, 0.15) is 5.56 Å². The zero-order valence-corrected chi connectivity index (χ0v) is 26.6. The predicted octanol–water partition coefficient (Wildman–Crippen LogP) is 4.53. The van der Waals surface area contributed by atoms with Gasteiger partial charge in [-0.2, -0.15) is 25.3 Å². The Morgan fingerprint density at radius 1 is 0.848 bits per heavy atom. The summed E-state index contributed by atoms with van der Waals surface area (Å²) >= 11 is 13.2. The number of benzene rings is 4. The molecule has 8 N–H and O–H groups in total. The van der Waals surface area contributed by atoms with Crippen LogP contribution < -0.4 is 26.9 Å². The van der Waals surface area contributed by atoms with Crippen molar-refractivity contribution in [2.45, 2.75) is 21.6 Å². The molecular formula is C25H17Cl2N5O11S3. The van der Waals surface area contributed by atoms with Crippen molar-refractivity contribution >= 4 is 93.1 Å². The Labute approximate surface area is 268 Å². The number of hydrogen-bond acceptors (Lipinski definition) is 13. The van der Waals surface area contributed by atoms with Crippen molar-refractivity contribution in [3.8, 4) is 23.0 Å². The number of nitrogens with two attached hydrogens (primary N) is 2. The number of anilines is 4. The molecule has 2 heterocycles. The van der Waals surface area contributed by atoms with Crippen LogP contribution in [0.4, 0.5) is 28.4 Å². The minimum absolute atomic E-state index is 0.00730. The fraction of sp³-hybridized carbons (Fsp3) is 0.0400. The summed E-state index contributed by atoms with van der Waals surface area (Å²) in [5, 5.41) is 1.70. The zero-order valence-electron chi connectivity index (χ0n) is 22.6. The monoisotopic (exact) mass is 729 g/mol. The highest BCUT2D eigenvalue weighted by Crippen LogP contribution is 2.55. The maximum atomic E-state index is 12.7. The van der Waals surface area contributed by atoms with Crippen LogP contribution in [-0.4, -0.2) is 43.9 Å². The van der Waals surface area contributed by atoms with Crippen LogP contribution in [0, 0.1) is 6.92 Å². The molecule has 0 saturated carbocycles. The van der Waals surface area contributed by atoms with E-state index in [0.29, 0.717) is 0 Å². The average molecular weight is 731 g/mol. The summed E-state index contributed by atoms with van der Waals surface area (Å²) in [6, 6.07) is 6.88. The van der Waals surface area contributed by atoms with E-state index in [1.54, 1.807) is 0 Å². The highest BCUT2D eigenvalue weighted by Gasteiger charge is 2.34. The van der Waals surface area contributed by atoms with Crippen molar-refractivity contribution in [1.29, 1.82) is 0 Å². The molecule has 0 spiro atoms. The van der Waals surface area contributed by atoms with E-state index in [9.17, 15) is 38.9 Å². The molecule has 0 atom stereocenters. The maximum Gasteiger partial charge on any atom is 0.300 e. The molecule has 0 unspecified atom stereocenters. The van der Waals surface area contributed by atoms with Gasteiger partial charge in [0, 0.05) is 5.69 Å². The molecule has 16 nitrogen and oxygen atoms in total. The molecule has 0 bridgehead atoms. The van der Waals surface area contributed by atoms with Gasteiger partial charge in [-0.25, -0.2) is 9.98 Å². The van der Waals surface area contributed by atoms with E-state index in [1.807, 2.05) is 0 Å². The summed E-state index contributed by atoms with van der Waals surface area (Å²) < 4.78 is 115. The van der Waals surface area contributed by atoms with Gasteiger partial charge >= 0.3 is 10.1 Å². The molecule has 6 rings (SSSR count). The minimum atomic E-state index is -5.20. The van der Waals surface area contributed by atoms with Crippen LogP contribution in [0.5, 0.6) is 11.5 Å². The molecule has 0 radical (unpaired) electrons. The first-order valence-electron chi connectivity index (χ1n) is 12.3. The van der Waals surface area contributed by atoms with Crippen LogP contribution in [-0.2, 0) is 30.4 Å². The molecule has 0 amide bonds. The van der Waals surface area contributed by atoms with E-state index in [2.05, 4.69) is 15.3 Å². The number of aromatic nitrogens is 1.